The van der Waals surface area contributed by atoms with Gasteiger partial charge in [-0.25, -0.2) is 4.79 Å². The standard InChI is InChI=1S/C16H20F3N3O4S/c1-9(2)7-12(14(25)20-8-13(23)24)22-15(26)21-10-3-5-11(6-4-10)27-16(17,18)19/h3-6,9,12H,7-8H2,1-2H3,(H,20,25)(H,23,24)(H2,21,22,26). The number of amides is 3. The van der Waals surface area contributed by atoms with Gasteiger partial charge in [0, 0.05) is 10.6 Å². The molecule has 0 aromatic heterocycles. The summed E-state index contributed by atoms with van der Waals surface area (Å²) in [6, 6.07) is 3.33. The molecule has 1 unspecified atom stereocenters. The third-order valence-electron chi connectivity index (χ3n) is 3.09. The number of anilines is 1. The Morgan fingerprint density at radius 3 is 2.22 bits per heavy atom. The van der Waals surface area contributed by atoms with Crippen molar-refractivity contribution in [3.63, 3.8) is 0 Å². The minimum atomic E-state index is -4.40. The van der Waals surface area contributed by atoms with Crippen LogP contribution in [0.4, 0.5) is 23.7 Å². The molecule has 0 spiro atoms. The minimum Gasteiger partial charge on any atom is -0.480 e. The average molecular weight is 407 g/mol. The molecule has 1 rings (SSSR count). The van der Waals surface area contributed by atoms with E-state index in [1.54, 1.807) is 0 Å². The molecule has 1 atom stereocenters. The maximum absolute atomic E-state index is 12.3. The lowest BCUT2D eigenvalue weighted by Crippen LogP contribution is -2.49. The van der Waals surface area contributed by atoms with Gasteiger partial charge in [0.25, 0.3) is 0 Å². The molecule has 1 aromatic carbocycles. The molecule has 7 nitrogen and oxygen atoms in total. The van der Waals surface area contributed by atoms with Gasteiger partial charge in [-0.15, -0.1) is 0 Å². The van der Waals surface area contributed by atoms with Crippen molar-refractivity contribution in [1.82, 2.24) is 10.6 Å². The van der Waals surface area contributed by atoms with E-state index in [2.05, 4.69) is 16.0 Å². The van der Waals surface area contributed by atoms with Gasteiger partial charge in [-0.1, -0.05) is 13.8 Å². The highest BCUT2D eigenvalue weighted by Gasteiger charge is 2.29. The zero-order valence-electron chi connectivity index (χ0n) is 14.6. The predicted molar refractivity (Wildman–Crippen MR) is 94.4 cm³/mol. The number of nitrogens with one attached hydrogen (secondary N) is 3. The number of halogens is 3. The molecule has 1 aromatic rings. The van der Waals surface area contributed by atoms with Crippen LogP contribution in [0, 0.1) is 5.92 Å². The molecular formula is C16H20F3N3O4S. The first-order valence-corrected chi connectivity index (χ1v) is 8.70. The molecule has 11 heteroatoms. The molecule has 0 radical (unpaired) electrons. The van der Waals surface area contributed by atoms with Gasteiger partial charge >= 0.3 is 17.5 Å². The molecule has 4 N–H and O–H groups in total. The predicted octanol–water partition coefficient (Wildman–Crippen LogP) is 3.04. The van der Waals surface area contributed by atoms with Crippen molar-refractivity contribution in [2.45, 2.75) is 36.7 Å². The summed E-state index contributed by atoms with van der Waals surface area (Å²) in [4.78, 5) is 34.6. The van der Waals surface area contributed by atoms with E-state index < -0.39 is 36.0 Å². The zero-order chi connectivity index (χ0) is 20.6. The van der Waals surface area contributed by atoms with Crippen molar-refractivity contribution in [2.75, 3.05) is 11.9 Å². The molecule has 150 valence electrons. The van der Waals surface area contributed by atoms with Crippen molar-refractivity contribution in [3.05, 3.63) is 24.3 Å². The first-order chi connectivity index (χ1) is 12.5. The number of hydrogen-bond acceptors (Lipinski definition) is 4. The fraction of sp³-hybridized carbons (Fsp3) is 0.438. The van der Waals surface area contributed by atoms with Crippen LogP contribution < -0.4 is 16.0 Å². The molecule has 0 aliphatic heterocycles. The van der Waals surface area contributed by atoms with Crippen LogP contribution in [0.15, 0.2) is 29.2 Å². The lowest BCUT2D eigenvalue weighted by atomic mass is 10.0. The number of rotatable bonds is 8. The summed E-state index contributed by atoms with van der Waals surface area (Å²) in [6.45, 7) is 3.08. The molecule has 0 saturated heterocycles. The Labute approximate surface area is 158 Å². The van der Waals surface area contributed by atoms with Crippen molar-refractivity contribution in [2.24, 2.45) is 5.92 Å². The highest BCUT2D eigenvalue weighted by atomic mass is 32.2. The first kappa shape index (κ1) is 22.6. The fourth-order valence-electron chi connectivity index (χ4n) is 2.05. The Bertz CT molecular complexity index is 666. The number of hydrogen-bond donors (Lipinski definition) is 4. The Morgan fingerprint density at radius 1 is 1.15 bits per heavy atom. The Kier molecular flexibility index (Phi) is 8.41. The summed E-state index contributed by atoms with van der Waals surface area (Å²) in [5.74, 6) is -1.81. The second-order valence-corrected chi connectivity index (χ2v) is 7.10. The summed E-state index contributed by atoms with van der Waals surface area (Å²) in [7, 11) is 0. The van der Waals surface area contributed by atoms with Crippen molar-refractivity contribution >= 4 is 35.4 Å². The van der Waals surface area contributed by atoms with E-state index in [0.717, 1.165) is 0 Å². The van der Waals surface area contributed by atoms with Gasteiger partial charge in [0.05, 0.1) is 0 Å². The minimum absolute atomic E-state index is 0.0285. The SMILES string of the molecule is CC(C)CC(NC(=O)Nc1ccc(SC(F)(F)F)cc1)C(=O)NCC(=O)O. The second-order valence-electron chi connectivity index (χ2n) is 5.96. The monoisotopic (exact) mass is 407 g/mol. The van der Waals surface area contributed by atoms with Gasteiger partial charge in [0.2, 0.25) is 5.91 Å². The van der Waals surface area contributed by atoms with Crippen LogP contribution in [-0.4, -0.2) is 41.1 Å². The molecule has 3 amide bonds. The van der Waals surface area contributed by atoms with E-state index in [1.165, 1.54) is 24.3 Å². The van der Waals surface area contributed by atoms with Crippen LogP contribution in [0.2, 0.25) is 0 Å². The summed E-state index contributed by atoms with van der Waals surface area (Å²) < 4.78 is 36.9. The van der Waals surface area contributed by atoms with Gasteiger partial charge in [-0.2, -0.15) is 13.2 Å². The number of aliphatic carboxylic acids is 1. The number of carboxylic acid groups (broad SMARTS) is 1. The number of carboxylic acids is 1. The van der Waals surface area contributed by atoms with Crippen LogP contribution in [0.5, 0.6) is 0 Å². The van der Waals surface area contributed by atoms with Gasteiger partial charge in [0.15, 0.2) is 0 Å². The van der Waals surface area contributed by atoms with Crippen LogP contribution in [-0.2, 0) is 9.59 Å². The molecule has 0 aliphatic rings. The van der Waals surface area contributed by atoms with E-state index in [9.17, 15) is 27.6 Å². The summed E-state index contributed by atoms with van der Waals surface area (Å²) in [5.41, 5.74) is -4.16. The zero-order valence-corrected chi connectivity index (χ0v) is 15.4. The number of carbonyl (C=O) groups is 3. The third-order valence-corrected chi connectivity index (χ3v) is 3.83. The van der Waals surface area contributed by atoms with E-state index in [-0.39, 0.29) is 34.7 Å². The van der Waals surface area contributed by atoms with Crippen molar-refractivity contribution < 1.29 is 32.7 Å². The Morgan fingerprint density at radius 2 is 1.74 bits per heavy atom. The number of benzene rings is 1. The maximum atomic E-state index is 12.3. The quantitative estimate of drug-likeness (QED) is 0.496. The van der Waals surface area contributed by atoms with Gasteiger partial charge < -0.3 is 21.1 Å². The molecule has 0 bridgehead atoms. The lowest BCUT2D eigenvalue weighted by Gasteiger charge is -2.20. The molecule has 0 heterocycles. The van der Waals surface area contributed by atoms with Crippen LogP contribution in [0.1, 0.15) is 20.3 Å². The molecule has 0 fully saturated rings. The molecule has 27 heavy (non-hydrogen) atoms. The summed E-state index contributed by atoms with van der Waals surface area (Å²) in [6.07, 6.45) is 0.278. The van der Waals surface area contributed by atoms with E-state index in [0.29, 0.717) is 0 Å². The van der Waals surface area contributed by atoms with Crippen LogP contribution >= 0.6 is 11.8 Å². The van der Waals surface area contributed by atoms with Crippen LogP contribution in [0.3, 0.4) is 0 Å². The van der Waals surface area contributed by atoms with E-state index >= 15 is 0 Å². The maximum Gasteiger partial charge on any atom is 0.446 e. The second kappa shape index (κ2) is 10.0. The topological polar surface area (TPSA) is 108 Å². The highest BCUT2D eigenvalue weighted by molar-refractivity contribution is 8.00. The molecule has 0 aliphatic carbocycles. The largest absolute Gasteiger partial charge is 0.480 e. The number of thioether (sulfide) groups is 1. The lowest BCUT2D eigenvalue weighted by molar-refractivity contribution is -0.138. The van der Waals surface area contributed by atoms with Crippen LogP contribution in [0.25, 0.3) is 0 Å². The fourth-order valence-corrected chi connectivity index (χ4v) is 2.59. The normalized spacial score (nSPS) is 12.4. The Balaban J connectivity index is 2.67. The van der Waals surface area contributed by atoms with E-state index in [1.807, 2.05) is 13.8 Å². The molecular weight excluding hydrogens is 387 g/mol. The third kappa shape index (κ3) is 9.73. The smallest absolute Gasteiger partial charge is 0.446 e. The summed E-state index contributed by atoms with van der Waals surface area (Å²) in [5, 5.41) is 15.7. The number of carbonyl (C=O) groups excluding carboxylic acids is 2. The van der Waals surface area contributed by atoms with Gasteiger partial charge in [-0.3, -0.25) is 9.59 Å². The Hall–Kier alpha value is -2.43. The van der Waals surface area contributed by atoms with Gasteiger partial charge in [0.1, 0.15) is 12.6 Å². The number of alkyl halides is 3. The van der Waals surface area contributed by atoms with Crippen molar-refractivity contribution in [1.29, 1.82) is 0 Å². The average Bonchev–Trinajstić information content (AvgIpc) is 2.52. The van der Waals surface area contributed by atoms with Crippen molar-refractivity contribution in [3.8, 4) is 0 Å². The highest BCUT2D eigenvalue weighted by Crippen LogP contribution is 2.36. The summed E-state index contributed by atoms with van der Waals surface area (Å²) >= 11 is -0.272. The molecule has 0 saturated carbocycles. The van der Waals surface area contributed by atoms with E-state index in [4.69, 9.17) is 5.11 Å². The first-order valence-electron chi connectivity index (χ1n) is 7.89. The van der Waals surface area contributed by atoms with Gasteiger partial charge in [-0.05, 0) is 48.4 Å². The number of urea groups is 1.